The standard InChI is InChI=1S/C16H12N2O/c1-18-13-10-6-5-9-12(13)14-16(18)19-15(17-14)11-7-3-2-4-8-11/h2-10H,1H3. The summed E-state index contributed by atoms with van der Waals surface area (Å²) in [5.41, 5.74) is 3.89. The van der Waals surface area contributed by atoms with Gasteiger partial charge in [-0.2, -0.15) is 0 Å². The number of hydrogen-bond donors (Lipinski definition) is 0. The van der Waals surface area contributed by atoms with Gasteiger partial charge < -0.3 is 8.98 Å². The number of para-hydroxylation sites is 1. The maximum Gasteiger partial charge on any atom is 0.229 e. The van der Waals surface area contributed by atoms with Crippen molar-refractivity contribution in [3.8, 4) is 11.5 Å². The van der Waals surface area contributed by atoms with E-state index in [-0.39, 0.29) is 0 Å². The average Bonchev–Trinajstić information content (AvgIpc) is 3.01. The van der Waals surface area contributed by atoms with Gasteiger partial charge in [-0.15, -0.1) is 0 Å². The van der Waals surface area contributed by atoms with Gasteiger partial charge in [0.2, 0.25) is 11.6 Å². The molecular formula is C16H12N2O. The summed E-state index contributed by atoms with van der Waals surface area (Å²) >= 11 is 0. The van der Waals surface area contributed by atoms with Crippen LogP contribution in [-0.4, -0.2) is 9.55 Å². The maximum absolute atomic E-state index is 5.92. The number of hydrogen-bond acceptors (Lipinski definition) is 2. The number of oxazole rings is 1. The predicted molar refractivity (Wildman–Crippen MR) is 75.9 cm³/mol. The van der Waals surface area contributed by atoms with Crippen LogP contribution >= 0.6 is 0 Å². The van der Waals surface area contributed by atoms with Gasteiger partial charge in [-0.25, -0.2) is 4.98 Å². The molecular weight excluding hydrogens is 236 g/mol. The Bertz CT molecular complexity index is 872. The quantitative estimate of drug-likeness (QED) is 0.510. The molecule has 0 aliphatic carbocycles. The zero-order valence-electron chi connectivity index (χ0n) is 10.5. The minimum atomic E-state index is 0.673. The van der Waals surface area contributed by atoms with Gasteiger partial charge in [-0.3, -0.25) is 0 Å². The molecule has 0 spiro atoms. The molecule has 0 aliphatic rings. The van der Waals surface area contributed by atoms with Crippen molar-refractivity contribution in [1.82, 2.24) is 9.55 Å². The van der Waals surface area contributed by atoms with Crippen LogP contribution in [0.25, 0.3) is 33.6 Å². The molecule has 3 heteroatoms. The lowest BCUT2D eigenvalue weighted by molar-refractivity contribution is 0.592. The zero-order chi connectivity index (χ0) is 12.8. The zero-order valence-corrected chi connectivity index (χ0v) is 10.5. The fraction of sp³-hybridized carbons (Fsp3) is 0.0625. The first-order chi connectivity index (χ1) is 9.34. The topological polar surface area (TPSA) is 31.0 Å². The molecule has 0 aliphatic heterocycles. The summed E-state index contributed by atoms with van der Waals surface area (Å²) in [5.74, 6) is 0.673. The molecule has 2 heterocycles. The van der Waals surface area contributed by atoms with Crippen LogP contribution < -0.4 is 0 Å². The first-order valence-corrected chi connectivity index (χ1v) is 6.24. The number of fused-ring (bicyclic) bond motifs is 3. The number of rotatable bonds is 1. The predicted octanol–water partition coefficient (Wildman–Crippen LogP) is 3.99. The van der Waals surface area contributed by atoms with Gasteiger partial charge in [-0.05, 0) is 18.2 Å². The number of aromatic nitrogens is 2. The Morgan fingerprint density at radius 2 is 1.68 bits per heavy atom. The molecule has 92 valence electrons. The normalized spacial score (nSPS) is 11.4. The van der Waals surface area contributed by atoms with Gasteiger partial charge in [0.25, 0.3) is 0 Å². The Kier molecular flexibility index (Phi) is 2.03. The lowest BCUT2D eigenvalue weighted by Gasteiger charge is -1.96. The van der Waals surface area contributed by atoms with Gasteiger partial charge in [0, 0.05) is 18.0 Å². The van der Waals surface area contributed by atoms with Crippen LogP contribution in [0.5, 0.6) is 0 Å². The first kappa shape index (κ1) is 10.4. The van der Waals surface area contributed by atoms with E-state index in [1.807, 2.05) is 54.1 Å². The molecule has 19 heavy (non-hydrogen) atoms. The monoisotopic (exact) mass is 248 g/mol. The van der Waals surface area contributed by atoms with Gasteiger partial charge in [0.15, 0.2) is 0 Å². The van der Waals surface area contributed by atoms with E-state index in [9.17, 15) is 0 Å². The minimum Gasteiger partial charge on any atom is -0.419 e. The van der Waals surface area contributed by atoms with Crippen LogP contribution in [0.4, 0.5) is 0 Å². The van der Waals surface area contributed by atoms with Crippen molar-refractivity contribution in [3.63, 3.8) is 0 Å². The van der Waals surface area contributed by atoms with E-state index in [1.165, 1.54) is 0 Å². The summed E-state index contributed by atoms with van der Waals surface area (Å²) in [6.07, 6.45) is 0. The van der Waals surface area contributed by atoms with E-state index in [1.54, 1.807) is 0 Å². The molecule has 0 saturated heterocycles. The van der Waals surface area contributed by atoms with Crippen molar-refractivity contribution in [2.75, 3.05) is 0 Å². The highest BCUT2D eigenvalue weighted by Gasteiger charge is 2.15. The van der Waals surface area contributed by atoms with E-state index in [0.29, 0.717) is 5.89 Å². The molecule has 4 aromatic rings. The lowest BCUT2D eigenvalue weighted by Crippen LogP contribution is -1.84. The van der Waals surface area contributed by atoms with E-state index in [0.717, 1.165) is 27.7 Å². The molecule has 2 aromatic carbocycles. The van der Waals surface area contributed by atoms with Gasteiger partial charge in [0.1, 0.15) is 5.52 Å². The summed E-state index contributed by atoms with van der Waals surface area (Å²) in [7, 11) is 2.00. The largest absolute Gasteiger partial charge is 0.419 e. The number of benzene rings is 2. The summed E-state index contributed by atoms with van der Waals surface area (Å²) in [4.78, 5) is 4.64. The molecule has 0 radical (unpaired) electrons. The molecule has 0 unspecified atom stereocenters. The second-order valence-electron chi connectivity index (χ2n) is 4.61. The van der Waals surface area contributed by atoms with Crippen molar-refractivity contribution < 1.29 is 4.42 Å². The van der Waals surface area contributed by atoms with E-state index in [4.69, 9.17) is 4.42 Å². The van der Waals surface area contributed by atoms with Crippen molar-refractivity contribution in [1.29, 1.82) is 0 Å². The molecule has 0 atom stereocenters. The van der Waals surface area contributed by atoms with Crippen LogP contribution in [0.15, 0.2) is 59.0 Å². The SMILES string of the molecule is Cn1c2ccccc2c2nc(-c3ccccc3)oc21. The van der Waals surface area contributed by atoms with Gasteiger partial charge >= 0.3 is 0 Å². The average molecular weight is 248 g/mol. The summed E-state index contributed by atoms with van der Waals surface area (Å²) < 4.78 is 7.97. The molecule has 2 aromatic heterocycles. The summed E-state index contributed by atoms with van der Waals surface area (Å²) in [5, 5.41) is 1.13. The smallest absolute Gasteiger partial charge is 0.229 e. The molecule has 0 amide bonds. The third-order valence-corrected chi connectivity index (χ3v) is 3.46. The van der Waals surface area contributed by atoms with Crippen molar-refractivity contribution in [2.24, 2.45) is 7.05 Å². The highest BCUT2D eigenvalue weighted by Crippen LogP contribution is 2.31. The molecule has 0 bridgehead atoms. The second kappa shape index (κ2) is 3.72. The number of nitrogens with zero attached hydrogens (tertiary/aromatic N) is 2. The Morgan fingerprint density at radius 3 is 2.53 bits per heavy atom. The molecule has 3 nitrogen and oxygen atoms in total. The highest BCUT2D eigenvalue weighted by atomic mass is 16.4. The van der Waals surface area contributed by atoms with Gasteiger partial charge in [0.05, 0.1) is 5.52 Å². The summed E-state index contributed by atoms with van der Waals surface area (Å²) in [6, 6.07) is 18.2. The van der Waals surface area contributed by atoms with Crippen LogP contribution in [-0.2, 0) is 7.05 Å². The Balaban J connectivity index is 2.05. The lowest BCUT2D eigenvalue weighted by atomic mass is 10.2. The number of aryl methyl sites for hydroxylation is 1. The maximum atomic E-state index is 5.92. The third-order valence-electron chi connectivity index (χ3n) is 3.46. The fourth-order valence-electron chi connectivity index (χ4n) is 2.49. The molecule has 0 saturated carbocycles. The highest BCUT2D eigenvalue weighted by molar-refractivity contribution is 6.04. The molecule has 0 N–H and O–H groups in total. The third kappa shape index (κ3) is 1.41. The van der Waals surface area contributed by atoms with Crippen LogP contribution in [0.3, 0.4) is 0 Å². The molecule has 4 rings (SSSR count). The van der Waals surface area contributed by atoms with Gasteiger partial charge in [-0.1, -0.05) is 36.4 Å². The van der Waals surface area contributed by atoms with Crippen LogP contribution in [0.2, 0.25) is 0 Å². The van der Waals surface area contributed by atoms with E-state index < -0.39 is 0 Å². The van der Waals surface area contributed by atoms with E-state index in [2.05, 4.69) is 17.1 Å². The van der Waals surface area contributed by atoms with Crippen molar-refractivity contribution in [3.05, 3.63) is 54.6 Å². The first-order valence-electron chi connectivity index (χ1n) is 6.24. The summed E-state index contributed by atoms with van der Waals surface area (Å²) in [6.45, 7) is 0. The Hall–Kier alpha value is -2.55. The van der Waals surface area contributed by atoms with Crippen LogP contribution in [0.1, 0.15) is 0 Å². The Morgan fingerprint density at radius 1 is 0.947 bits per heavy atom. The van der Waals surface area contributed by atoms with Crippen molar-refractivity contribution in [2.45, 2.75) is 0 Å². The minimum absolute atomic E-state index is 0.673. The van der Waals surface area contributed by atoms with Crippen LogP contribution in [0, 0.1) is 0 Å². The Labute approximate surface area is 110 Å². The second-order valence-corrected chi connectivity index (χ2v) is 4.61. The fourth-order valence-corrected chi connectivity index (χ4v) is 2.49. The van der Waals surface area contributed by atoms with Crippen molar-refractivity contribution >= 4 is 22.1 Å². The van der Waals surface area contributed by atoms with E-state index >= 15 is 0 Å². The molecule has 0 fully saturated rings.